The molecule has 8 heteroatoms. The van der Waals surface area contributed by atoms with Crippen LogP contribution in [-0.2, 0) is 29.3 Å². The Morgan fingerprint density at radius 1 is 1.32 bits per heavy atom. The number of rotatable bonds is 11. The fourth-order valence-corrected chi connectivity index (χ4v) is 3.37. The summed E-state index contributed by atoms with van der Waals surface area (Å²) in [5.41, 5.74) is 1.57. The first-order chi connectivity index (χ1) is 13.5. The van der Waals surface area contributed by atoms with Gasteiger partial charge in [-0.25, -0.2) is 4.98 Å². The van der Waals surface area contributed by atoms with Crippen LogP contribution >= 0.6 is 11.3 Å². The smallest absolute Gasteiger partial charge is 0.249 e. The van der Waals surface area contributed by atoms with Gasteiger partial charge in [0.25, 0.3) is 0 Å². The lowest BCUT2D eigenvalue weighted by atomic mass is 10.1. The lowest BCUT2D eigenvalue weighted by Gasteiger charge is -2.28. The number of hydrogen-bond acceptors (Lipinski definition) is 7. The highest BCUT2D eigenvalue weighted by Gasteiger charge is 2.20. The van der Waals surface area contributed by atoms with Crippen molar-refractivity contribution < 1.29 is 24.1 Å². The molecule has 28 heavy (non-hydrogen) atoms. The second kappa shape index (κ2) is 11.0. The Hall–Kier alpha value is -2.16. The summed E-state index contributed by atoms with van der Waals surface area (Å²) in [6.07, 6.45) is 0.853. The molecule has 0 aliphatic carbocycles. The quantitative estimate of drug-likeness (QED) is 0.616. The Bertz CT molecular complexity index is 765. The molecule has 0 spiro atoms. The van der Waals surface area contributed by atoms with Crippen molar-refractivity contribution in [2.75, 3.05) is 20.8 Å². The van der Waals surface area contributed by atoms with E-state index < -0.39 is 0 Å². The Balaban J connectivity index is 2.16. The number of nitrogens with zero attached hydrogens (tertiary/aromatic N) is 2. The molecule has 154 valence electrons. The summed E-state index contributed by atoms with van der Waals surface area (Å²) in [7, 11) is 3.11. The first kappa shape index (κ1) is 22.1. The van der Waals surface area contributed by atoms with Gasteiger partial charge in [0.15, 0.2) is 11.5 Å². The molecular formula is C20H28N2O5S. The van der Waals surface area contributed by atoms with Crippen molar-refractivity contribution in [1.29, 1.82) is 0 Å². The molecule has 2 aromatic rings. The summed E-state index contributed by atoms with van der Waals surface area (Å²) >= 11 is 1.43. The number of ether oxygens (including phenoxy) is 3. The molecule has 1 atom stereocenters. The molecule has 0 saturated carbocycles. The maximum atomic E-state index is 12.4. The highest BCUT2D eigenvalue weighted by molar-refractivity contribution is 7.09. The summed E-state index contributed by atoms with van der Waals surface area (Å²) in [6.45, 7) is 4.79. The second-order valence-corrected chi connectivity index (χ2v) is 7.32. The number of benzene rings is 1. The van der Waals surface area contributed by atoms with Crippen molar-refractivity contribution in [2.24, 2.45) is 0 Å². The molecule has 1 aromatic carbocycles. The molecule has 0 aliphatic rings. The largest absolute Gasteiger partial charge is 0.493 e. The van der Waals surface area contributed by atoms with E-state index in [1.807, 2.05) is 30.0 Å². The standard InChI is InChI=1S/C20H28N2O5S/c1-5-14(2)22(20(24)12-25-3)9-15-6-7-17(26-4)18(8-15)27-11-19-21-16(10-23)13-28-19/h6-8,13-14,23H,5,9-12H2,1-4H3. The zero-order chi connectivity index (χ0) is 20.5. The maximum Gasteiger partial charge on any atom is 0.249 e. The van der Waals surface area contributed by atoms with Crippen LogP contribution in [0, 0.1) is 0 Å². The molecule has 1 unspecified atom stereocenters. The average molecular weight is 409 g/mol. The van der Waals surface area contributed by atoms with Crippen LogP contribution < -0.4 is 9.47 Å². The van der Waals surface area contributed by atoms with Crippen molar-refractivity contribution in [3.63, 3.8) is 0 Å². The van der Waals surface area contributed by atoms with Gasteiger partial charge in [-0.15, -0.1) is 11.3 Å². The molecule has 7 nitrogen and oxygen atoms in total. The third kappa shape index (κ3) is 5.92. The minimum absolute atomic E-state index is 0.0468. The van der Waals surface area contributed by atoms with E-state index in [1.54, 1.807) is 12.5 Å². The summed E-state index contributed by atoms with van der Waals surface area (Å²) in [5.74, 6) is 1.15. The van der Waals surface area contributed by atoms with E-state index in [9.17, 15) is 4.79 Å². The van der Waals surface area contributed by atoms with Gasteiger partial charge in [-0.3, -0.25) is 4.79 Å². The summed E-state index contributed by atoms with van der Waals surface area (Å²) < 4.78 is 16.3. The molecule has 1 N–H and O–H groups in total. The van der Waals surface area contributed by atoms with Crippen molar-refractivity contribution >= 4 is 17.2 Å². The maximum absolute atomic E-state index is 12.4. The minimum Gasteiger partial charge on any atom is -0.493 e. The van der Waals surface area contributed by atoms with E-state index in [-0.39, 0.29) is 31.8 Å². The number of aromatic nitrogens is 1. The highest BCUT2D eigenvalue weighted by atomic mass is 32.1. The molecule has 0 fully saturated rings. The van der Waals surface area contributed by atoms with Gasteiger partial charge in [0.05, 0.1) is 19.4 Å². The Labute approximate surface area is 169 Å². The van der Waals surface area contributed by atoms with E-state index in [1.165, 1.54) is 18.4 Å². The summed E-state index contributed by atoms with van der Waals surface area (Å²) in [4.78, 5) is 18.5. The lowest BCUT2D eigenvalue weighted by molar-refractivity contribution is -0.138. The molecule has 0 aliphatic heterocycles. The van der Waals surface area contributed by atoms with Gasteiger partial charge in [0.2, 0.25) is 5.91 Å². The average Bonchev–Trinajstić information content (AvgIpc) is 3.18. The fraction of sp³-hybridized carbons (Fsp3) is 0.500. The highest BCUT2D eigenvalue weighted by Crippen LogP contribution is 2.30. The van der Waals surface area contributed by atoms with Crippen LogP contribution in [0.5, 0.6) is 11.5 Å². The summed E-state index contributed by atoms with van der Waals surface area (Å²) in [5, 5.41) is 11.7. The van der Waals surface area contributed by atoms with Gasteiger partial charge < -0.3 is 24.2 Å². The number of hydrogen-bond donors (Lipinski definition) is 1. The molecule has 0 radical (unpaired) electrons. The van der Waals surface area contributed by atoms with Crippen molar-refractivity contribution in [2.45, 2.75) is 46.1 Å². The third-order valence-electron chi connectivity index (χ3n) is 4.40. The number of aliphatic hydroxyl groups is 1. The molecule has 1 aromatic heterocycles. The van der Waals surface area contributed by atoms with Gasteiger partial charge in [-0.2, -0.15) is 0 Å². The zero-order valence-electron chi connectivity index (χ0n) is 16.8. The molecule has 1 amide bonds. The van der Waals surface area contributed by atoms with Gasteiger partial charge >= 0.3 is 0 Å². The second-order valence-electron chi connectivity index (χ2n) is 6.38. The zero-order valence-corrected chi connectivity index (χ0v) is 17.6. The minimum atomic E-state index is -0.0870. The normalized spacial score (nSPS) is 11.9. The third-order valence-corrected chi connectivity index (χ3v) is 5.28. The predicted octanol–water partition coefficient (Wildman–Crippen LogP) is 3.00. The number of carbonyl (C=O) groups excluding carboxylic acids is 1. The molecule has 0 saturated heterocycles. The van der Waals surface area contributed by atoms with Crippen LogP contribution in [0.4, 0.5) is 0 Å². The first-order valence-electron chi connectivity index (χ1n) is 9.14. The van der Waals surface area contributed by atoms with Crippen molar-refractivity contribution in [3.8, 4) is 11.5 Å². The van der Waals surface area contributed by atoms with E-state index >= 15 is 0 Å². The van der Waals surface area contributed by atoms with Crippen molar-refractivity contribution in [1.82, 2.24) is 9.88 Å². The predicted molar refractivity (Wildman–Crippen MR) is 108 cm³/mol. The first-order valence-corrected chi connectivity index (χ1v) is 10.0. The van der Waals surface area contributed by atoms with E-state index in [2.05, 4.69) is 11.9 Å². The lowest BCUT2D eigenvalue weighted by Crippen LogP contribution is -2.39. The number of aliphatic hydroxyl groups excluding tert-OH is 1. The van der Waals surface area contributed by atoms with Crippen LogP contribution in [0.1, 0.15) is 36.5 Å². The van der Waals surface area contributed by atoms with Crippen LogP contribution in [0.15, 0.2) is 23.6 Å². The van der Waals surface area contributed by atoms with Crippen LogP contribution in [-0.4, -0.2) is 47.8 Å². The van der Waals surface area contributed by atoms with Crippen molar-refractivity contribution in [3.05, 3.63) is 39.8 Å². The number of methoxy groups -OCH3 is 2. The van der Waals surface area contributed by atoms with Gasteiger partial charge in [0, 0.05) is 25.1 Å². The number of carbonyl (C=O) groups is 1. The fourth-order valence-electron chi connectivity index (χ4n) is 2.67. The molecule has 2 rings (SSSR count). The van der Waals surface area contributed by atoms with Crippen LogP contribution in [0.2, 0.25) is 0 Å². The SMILES string of the molecule is CCC(C)N(Cc1ccc(OC)c(OCc2nc(CO)cs2)c1)C(=O)COC. The van der Waals surface area contributed by atoms with E-state index in [4.69, 9.17) is 19.3 Å². The topological polar surface area (TPSA) is 81.1 Å². The summed E-state index contributed by atoms with van der Waals surface area (Å²) in [6, 6.07) is 5.74. The Kier molecular flexibility index (Phi) is 8.69. The van der Waals surface area contributed by atoms with Gasteiger partial charge in [0.1, 0.15) is 18.2 Å². The van der Waals surface area contributed by atoms with Crippen LogP contribution in [0.3, 0.4) is 0 Å². The molecule has 1 heterocycles. The van der Waals surface area contributed by atoms with Gasteiger partial charge in [-0.1, -0.05) is 13.0 Å². The molecule has 0 bridgehead atoms. The van der Waals surface area contributed by atoms with E-state index in [0.29, 0.717) is 23.7 Å². The number of thiazole rings is 1. The van der Waals surface area contributed by atoms with Gasteiger partial charge in [-0.05, 0) is 31.0 Å². The molecular weight excluding hydrogens is 380 g/mol. The Morgan fingerprint density at radius 3 is 2.71 bits per heavy atom. The van der Waals surface area contributed by atoms with Crippen LogP contribution in [0.25, 0.3) is 0 Å². The monoisotopic (exact) mass is 408 g/mol. The number of amides is 1. The van der Waals surface area contributed by atoms with E-state index in [0.717, 1.165) is 17.0 Å². The Morgan fingerprint density at radius 2 is 2.11 bits per heavy atom.